The molecule has 110 valence electrons. The van der Waals surface area contributed by atoms with E-state index >= 15 is 0 Å². The topological polar surface area (TPSA) is 55.6 Å². The van der Waals surface area contributed by atoms with E-state index in [-0.39, 0.29) is 5.91 Å². The highest BCUT2D eigenvalue weighted by Gasteiger charge is 2.37. The third-order valence-electron chi connectivity index (χ3n) is 4.06. The Bertz CT molecular complexity index is 493. The van der Waals surface area contributed by atoms with Gasteiger partial charge in [0.25, 0.3) is 0 Å². The van der Waals surface area contributed by atoms with Gasteiger partial charge in [-0.3, -0.25) is 4.79 Å². The summed E-state index contributed by atoms with van der Waals surface area (Å²) in [6.45, 7) is 5.89. The van der Waals surface area contributed by atoms with Gasteiger partial charge in [0.15, 0.2) is 0 Å². The number of benzene rings is 1. The lowest BCUT2D eigenvalue weighted by molar-refractivity contribution is -0.139. The zero-order chi connectivity index (χ0) is 14.8. The lowest BCUT2D eigenvalue weighted by Gasteiger charge is -2.35. The van der Waals surface area contributed by atoms with Crippen molar-refractivity contribution >= 4 is 5.91 Å². The van der Waals surface area contributed by atoms with Crippen LogP contribution in [0.15, 0.2) is 18.2 Å². The van der Waals surface area contributed by atoms with Crippen LogP contribution < -0.4 is 5.73 Å². The molecule has 20 heavy (non-hydrogen) atoms. The summed E-state index contributed by atoms with van der Waals surface area (Å²) in [5, 5.41) is 0. The standard InChI is InChI=1S/C16H24N2O2/c1-12-4-5-14(13(2)10-12)11-18(3)15(19)16(17)6-8-20-9-7-16/h4-5,10H,6-9,11,17H2,1-3H3. The molecule has 0 atom stereocenters. The summed E-state index contributed by atoms with van der Waals surface area (Å²) in [6.07, 6.45) is 1.20. The number of amides is 1. The number of nitrogens with two attached hydrogens (primary N) is 1. The fourth-order valence-corrected chi connectivity index (χ4v) is 2.68. The number of ether oxygens (including phenoxy) is 1. The number of carbonyl (C=O) groups excluding carboxylic acids is 1. The monoisotopic (exact) mass is 276 g/mol. The molecule has 1 fully saturated rings. The minimum Gasteiger partial charge on any atom is -0.381 e. The first-order valence-corrected chi connectivity index (χ1v) is 7.11. The highest BCUT2D eigenvalue weighted by atomic mass is 16.5. The molecular weight excluding hydrogens is 252 g/mol. The average Bonchev–Trinajstić information content (AvgIpc) is 2.42. The molecule has 1 heterocycles. The third kappa shape index (κ3) is 3.19. The molecule has 0 aliphatic carbocycles. The smallest absolute Gasteiger partial charge is 0.242 e. The van der Waals surface area contributed by atoms with Gasteiger partial charge in [-0.15, -0.1) is 0 Å². The summed E-state index contributed by atoms with van der Waals surface area (Å²) in [5.41, 5.74) is 9.11. The van der Waals surface area contributed by atoms with Gasteiger partial charge in [0.2, 0.25) is 5.91 Å². The maximum atomic E-state index is 12.5. The zero-order valence-electron chi connectivity index (χ0n) is 12.6. The lowest BCUT2D eigenvalue weighted by atomic mass is 9.89. The molecule has 1 amide bonds. The number of nitrogens with zero attached hydrogens (tertiary/aromatic N) is 1. The van der Waals surface area contributed by atoms with E-state index < -0.39 is 5.54 Å². The zero-order valence-corrected chi connectivity index (χ0v) is 12.6. The van der Waals surface area contributed by atoms with Crippen molar-refractivity contribution in [2.75, 3.05) is 20.3 Å². The molecule has 0 saturated carbocycles. The van der Waals surface area contributed by atoms with Gasteiger partial charge in [-0.25, -0.2) is 0 Å². The Balaban J connectivity index is 2.07. The summed E-state index contributed by atoms with van der Waals surface area (Å²) in [4.78, 5) is 14.3. The molecule has 1 aromatic rings. The van der Waals surface area contributed by atoms with E-state index in [1.807, 2.05) is 7.05 Å². The van der Waals surface area contributed by atoms with Crippen molar-refractivity contribution < 1.29 is 9.53 Å². The van der Waals surface area contributed by atoms with E-state index in [1.165, 1.54) is 16.7 Å². The Labute approximate surface area is 120 Å². The number of carbonyl (C=O) groups is 1. The predicted octanol–water partition coefficient (Wildman–Crippen LogP) is 1.77. The second-order valence-corrected chi connectivity index (χ2v) is 5.86. The molecule has 2 rings (SSSR count). The second kappa shape index (κ2) is 5.94. The molecule has 1 saturated heterocycles. The van der Waals surface area contributed by atoms with Crippen LogP contribution in [0.1, 0.15) is 29.5 Å². The van der Waals surface area contributed by atoms with Crippen molar-refractivity contribution in [1.82, 2.24) is 4.90 Å². The van der Waals surface area contributed by atoms with Crippen LogP contribution in [0.5, 0.6) is 0 Å². The number of likely N-dealkylation sites (N-methyl/N-ethyl adjacent to an activating group) is 1. The Morgan fingerprint density at radius 1 is 1.35 bits per heavy atom. The quantitative estimate of drug-likeness (QED) is 0.915. The molecule has 0 spiro atoms. The number of hydrogen-bond donors (Lipinski definition) is 1. The normalized spacial score (nSPS) is 17.8. The van der Waals surface area contributed by atoms with E-state index in [2.05, 4.69) is 32.0 Å². The lowest BCUT2D eigenvalue weighted by Crippen LogP contribution is -2.57. The van der Waals surface area contributed by atoms with Crippen LogP contribution in [0.3, 0.4) is 0 Å². The van der Waals surface area contributed by atoms with E-state index in [4.69, 9.17) is 10.5 Å². The first kappa shape index (κ1) is 15.0. The van der Waals surface area contributed by atoms with E-state index in [9.17, 15) is 4.79 Å². The van der Waals surface area contributed by atoms with Crippen molar-refractivity contribution in [2.24, 2.45) is 5.73 Å². The average molecular weight is 276 g/mol. The van der Waals surface area contributed by atoms with Crippen LogP contribution in [0.25, 0.3) is 0 Å². The minimum absolute atomic E-state index is 0.0146. The first-order chi connectivity index (χ1) is 9.42. The molecule has 4 nitrogen and oxygen atoms in total. The first-order valence-electron chi connectivity index (χ1n) is 7.11. The van der Waals surface area contributed by atoms with Crippen LogP contribution in [0.4, 0.5) is 0 Å². The Morgan fingerprint density at radius 3 is 2.60 bits per heavy atom. The van der Waals surface area contributed by atoms with Crippen LogP contribution in [-0.4, -0.2) is 36.6 Å². The van der Waals surface area contributed by atoms with Gasteiger partial charge in [-0.1, -0.05) is 23.8 Å². The van der Waals surface area contributed by atoms with Gasteiger partial charge >= 0.3 is 0 Å². The maximum Gasteiger partial charge on any atom is 0.242 e. The fraction of sp³-hybridized carbons (Fsp3) is 0.562. The van der Waals surface area contributed by atoms with E-state index in [0.29, 0.717) is 32.6 Å². The second-order valence-electron chi connectivity index (χ2n) is 5.86. The molecule has 2 N–H and O–H groups in total. The van der Waals surface area contributed by atoms with E-state index in [0.717, 1.165) is 0 Å². The molecule has 0 radical (unpaired) electrons. The Hall–Kier alpha value is -1.39. The van der Waals surface area contributed by atoms with Crippen LogP contribution >= 0.6 is 0 Å². The van der Waals surface area contributed by atoms with Gasteiger partial charge in [-0.2, -0.15) is 0 Å². The molecule has 1 aliphatic rings. The van der Waals surface area contributed by atoms with E-state index in [1.54, 1.807) is 4.90 Å². The summed E-state index contributed by atoms with van der Waals surface area (Å²) < 4.78 is 5.29. The minimum atomic E-state index is -0.758. The van der Waals surface area contributed by atoms with Crippen LogP contribution in [0.2, 0.25) is 0 Å². The molecule has 1 aliphatic heterocycles. The van der Waals surface area contributed by atoms with Crippen molar-refractivity contribution in [3.8, 4) is 0 Å². The third-order valence-corrected chi connectivity index (χ3v) is 4.06. The van der Waals surface area contributed by atoms with Crippen LogP contribution in [0, 0.1) is 13.8 Å². The number of hydrogen-bond acceptors (Lipinski definition) is 3. The highest BCUT2D eigenvalue weighted by molar-refractivity contribution is 5.86. The number of aryl methyl sites for hydroxylation is 2. The predicted molar refractivity (Wildman–Crippen MR) is 79.4 cm³/mol. The summed E-state index contributed by atoms with van der Waals surface area (Å²) in [7, 11) is 1.83. The van der Waals surface area contributed by atoms with Crippen molar-refractivity contribution in [3.63, 3.8) is 0 Å². The summed E-state index contributed by atoms with van der Waals surface area (Å²) >= 11 is 0. The molecule has 0 unspecified atom stereocenters. The van der Waals surface area contributed by atoms with Crippen molar-refractivity contribution in [1.29, 1.82) is 0 Å². The Kier molecular flexibility index (Phi) is 4.45. The van der Waals surface area contributed by atoms with Crippen molar-refractivity contribution in [3.05, 3.63) is 34.9 Å². The van der Waals surface area contributed by atoms with Gasteiger partial charge < -0.3 is 15.4 Å². The maximum absolute atomic E-state index is 12.5. The number of rotatable bonds is 3. The SMILES string of the molecule is Cc1ccc(CN(C)C(=O)C2(N)CCOCC2)c(C)c1. The van der Waals surface area contributed by atoms with Crippen molar-refractivity contribution in [2.45, 2.75) is 38.8 Å². The van der Waals surface area contributed by atoms with Gasteiger partial charge in [0.1, 0.15) is 0 Å². The van der Waals surface area contributed by atoms with Gasteiger partial charge in [0, 0.05) is 26.8 Å². The highest BCUT2D eigenvalue weighted by Crippen LogP contribution is 2.21. The van der Waals surface area contributed by atoms with Gasteiger partial charge in [-0.05, 0) is 37.8 Å². The fourth-order valence-electron chi connectivity index (χ4n) is 2.68. The summed E-state index contributed by atoms with van der Waals surface area (Å²) in [5.74, 6) is 0.0146. The summed E-state index contributed by atoms with van der Waals surface area (Å²) in [6, 6.07) is 6.30. The molecule has 0 bridgehead atoms. The van der Waals surface area contributed by atoms with Crippen LogP contribution in [-0.2, 0) is 16.1 Å². The molecular formula is C16H24N2O2. The molecule has 0 aromatic heterocycles. The van der Waals surface area contributed by atoms with Gasteiger partial charge in [0.05, 0.1) is 5.54 Å². The molecule has 1 aromatic carbocycles. The Morgan fingerprint density at radius 2 is 2.00 bits per heavy atom. The molecule has 4 heteroatoms. The largest absolute Gasteiger partial charge is 0.381 e.